The maximum absolute atomic E-state index is 12.7. The van der Waals surface area contributed by atoms with E-state index >= 15 is 0 Å². The summed E-state index contributed by atoms with van der Waals surface area (Å²) >= 11 is 0. The second-order valence-corrected chi connectivity index (χ2v) is 5.59. The van der Waals surface area contributed by atoms with Crippen molar-refractivity contribution in [2.24, 2.45) is 0 Å². The number of hydrogen-bond acceptors (Lipinski definition) is 5. The minimum atomic E-state index is -0.586. The maximum Gasteiger partial charge on any atom is 0.284 e. The van der Waals surface area contributed by atoms with Gasteiger partial charge in [-0.25, -0.2) is 0 Å². The van der Waals surface area contributed by atoms with Gasteiger partial charge in [0.15, 0.2) is 17.3 Å². The molecule has 0 spiro atoms. The zero-order chi connectivity index (χ0) is 16.6. The van der Waals surface area contributed by atoms with E-state index in [9.17, 15) is 14.9 Å². The monoisotopic (exact) mass is 313 g/mol. The molecule has 1 heterocycles. The van der Waals surface area contributed by atoms with Gasteiger partial charge in [0.25, 0.3) is 5.69 Å². The number of benzene rings is 2. The van der Waals surface area contributed by atoms with Gasteiger partial charge < -0.3 is 9.47 Å². The van der Waals surface area contributed by atoms with Gasteiger partial charge in [-0.2, -0.15) is 0 Å². The van der Waals surface area contributed by atoms with Gasteiger partial charge in [-0.05, 0) is 11.5 Å². The molecule has 23 heavy (non-hydrogen) atoms. The van der Waals surface area contributed by atoms with Crippen molar-refractivity contribution >= 4 is 11.5 Å². The Labute approximate surface area is 132 Å². The zero-order valence-electron chi connectivity index (χ0n) is 12.7. The van der Waals surface area contributed by atoms with E-state index in [1.54, 1.807) is 12.1 Å². The average molecular weight is 313 g/mol. The summed E-state index contributed by atoms with van der Waals surface area (Å²) in [5.41, 5.74) is 1.21. The molecule has 0 N–H and O–H groups in total. The van der Waals surface area contributed by atoms with E-state index in [1.807, 2.05) is 12.1 Å². The molecule has 0 bridgehead atoms. The third-order valence-electron chi connectivity index (χ3n) is 3.77. The number of ketones is 1. The lowest BCUT2D eigenvalue weighted by molar-refractivity contribution is -0.385. The number of nitro groups is 1. The first-order chi connectivity index (χ1) is 11.0. The molecule has 0 aliphatic carbocycles. The Kier molecular flexibility index (Phi) is 3.73. The summed E-state index contributed by atoms with van der Waals surface area (Å²) in [6.07, 6.45) is 0. The summed E-state index contributed by atoms with van der Waals surface area (Å²) < 4.78 is 10.3. The fourth-order valence-electron chi connectivity index (χ4n) is 2.44. The van der Waals surface area contributed by atoms with Crippen molar-refractivity contribution in [2.75, 3.05) is 6.79 Å². The van der Waals surface area contributed by atoms with Crippen molar-refractivity contribution in [2.45, 2.75) is 19.8 Å². The highest BCUT2D eigenvalue weighted by atomic mass is 16.7. The van der Waals surface area contributed by atoms with Gasteiger partial charge in [0.1, 0.15) is 5.56 Å². The first-order valence-corrected chi connectivity index (χ1v) is 7.20. The fraction of sp³-hybridized carbons (Fsp3) is 0.235. The quantitative estimate of drug-likeness (QED) is 0.489. The normalized spacial score (nSPS) is 12.5. The van der Waals surface area contributed by atoms with Crippen LogP contribution in [0.15, 0.2) is 36.4 Å². The number of hydrogen-bond donors (Lipinski definition) is 0. The topological polar surface area (TPSA) is 78.7 Å². The summed E-state index contributed by atoms with van der Waals surface area (Å²) in [4.78, 5) is 23.3. The molecule has 0 fully saturated rings. The molecule has 0 atom stereocenters. The molecule has 1 aliphatic heterocycles. The molecular formula is C17H15NO5. The molecule has 0 radical (unpaired) electrons. The highest BCUT2D eigenvalue weighted by Gasteiger charge is 2.27. The van der Waals surface area contributed by atoms with Crippen molar-refractivity contribution in [1.29, 1.82) is 0 Å². The molecule has 0 amide bonds. The van der Waals surface area contributed by atoms with Gasteiger partial charge in [0, 0.05) is 11.6 Å². The highest BCUT2D eigenvalue weighted by Crippen LogP contribution is 2.38. The minimum absolute atomic E-state index is 0.00320. The predicted octanol–water partition coefficient (Wildman–Crippen LogP) is 3.68. The van der Waals surface area contributed by atoms with Crippen LogP contribution >= 0.6 is 0 Å². The van der Waals surface area contributed by atoms with Crippen molar-refractivity contribution < 1.29 is 19.2 Å². The molecular weight excluding hydrogens is 298 g/mol. The number of carbonyl (C=O) groups is 1. The van der Waals surface area contributed by atoms with Gasteiger partial charge >= 0.3 is 0 Å². The van der Waals surface area contributed by atoms with E-state index in [1.165, 1.54) is 12.1 Å². The number of nitrogens with zero attached hydrogens (tertiary/aromatic N) is 1. The van der Waals surface area contributed by atoms with Crippen LogP contribution in [0.5, 0.6) is 11.5 Å². The first-order valence-electron chi connectivity index (χ1n) is 7.20. The Morgan fingerprint density at radius 2 is 1.74 bits per heavy atom. The van der Waals surface area contributed by atoms with Crippen LogP contribution < -0.4 is 9.47 Å². The number of nitro benzene ring substituents is 1. The van der Waals surface area contributed by atoms with Crippen molar-refractivity contribution in [3.8, 4) is 11.5 Å². The lowest BCUT2D eigenvalue weighted by Crippen LogP contribution is -2.06. The Balaban J connectivity index is 2.03. The Hall–Kier alpha value is -2.89. The zero-order valence-corrected chi connectivity index (χ0v) is 12.7. The fourth-order valence-corrected chi connectivity index (χ4v) is 2.44. The van der Waals surface area contributed by atoms with Gasteiger partial charge in [0.2, 0.25) is 6.79 Å². The van der Waals surface area contributed by atoms with Crippen LogP contribution in [0, 0.1) is 10.1 Å². The molecule has 0 saturated carbocycles. The number of ether oxygens (including phenoxy) is 2. The molecule has 6 heteroatoms. The smallest absolute Gasteiger partial charge is 0.284 e. The van der Waals surface area contributed by atoms with Crippen LogP contribution in [0.4, 0.5) is 5.69 Å². The van der Waals surface area contributed by atoms with Crippen molar-refractivity contribution in [3.05, 3.63) is 63.2 Å². The molecule has 0 unspecified atom stereocenters. The van der Waals surface area contributed by atoms with Crippen LogP contribution in [-0.2, 0) is 0 Å². The molecule has 2 aromatic carbocycles. The van der Waals surface area contributed by atoms with E-state index in [2.05, 4.69) is 13.8 Å². The van der Waals surface area contributed by atoms with Crippen molar-refractivity contribution in [3.63, 3.8) is 0 Å². The average Bonchev–Trinajstić information content (AvgIpc) is 3.00. The van der Waals surface area contributed by atoms with Gasteiger partial charge in [0.05, 0.1) is 11.0 Å². The highest BCUT2D eigenvalue weighted by molar-refractivity contribution is 6.12. The molecule has 118 valence electrons. The molecule has 3 rings (SSSR count). The summed E-state index contributed by atoms with van der Waals surface area (Å²) in [5, 5.41) is 11.3. The lowest BCUT2D eigenvalue weighted by atomic mass is 9.97. The van der Waals surface area contributed by atoms with Crippen LogP contribution in [0.3, 0.4) is 0 Å². The number of carbonyl (C=O) groups excluding carboxylic acids is 1. The SMILES string of the molecule is CC(C)c1ccc(C(=O)c2cc3c(cc2[N+](=O)[O-])OCO3)cc1. The number of fused-ring (bicyclic) bond motifs is 1. The molecule has 2 aromatic rings. The van der Waals surface area contributed by atoms with Gasteiger partial charge in [-0.1, -0.05) is 38.1 Å². The van der Waals surface area contributed by atoms with Crippen LogP contribution in [0.1, 0.15) is 41.3 Å². The second kappa shape index (κ2) is 5.72. The van der Waals surface area contributed by atoms with Gasteiger partial charge in [-0.15, -0.1) is 0 Å². The van der Waals surface area contributed by atoms with Crippen LogP contribution in [0.25, 0.3) is 0 Å². The van der Waals surface area contributed by atoms with E-state index < -0.39 is 10.7 Å². The Morgan fingerprint density at radius 1 is 1.13 bits per heavy atom. The third-order valence-corrected chi connectivity index (χ3v) is 3.77. The summed E-state index contributed by atoms with van der Waals surface area (Å²) in [6, 6.07) is 9.70. The van der Waals surface area contributed by atoms with E-state index in [0.717, 1.165) is 5.56 Å². The summed E-state index contributed by atoms with van der Waals surface area (Å²) in [7, 11) is 0. The van der Waals surface area contributed by atoms with E-state index in [4.69, 9.17) is 9.47 Å². The van der Waals surface area contributed by atoms with Crippen LogP contribution in [0.2, 0.25) is 0 Å². The molecule has 0 saturated heterocycles. The Morgan fingerprint density at radius 3 is 2.30 bits per heavy atom. The first kappa shape index (κ1) is 15.0. The van der Waals surface area contributed by atoms with E-state index in [-0.39, 0.29) is 23.8 Å². The number of rotatable bonds is 4. The largest absolute Gasteiger partial charge is 0.454 e. The Bertz CT molecular complexity index is 780. The minimum Gasteiger partial charge on any atom is -0.454 e. The third kappa shape index (κ3) is 2.75. The van der Waals surface area contributed by atoms with Crippen LogP contribution in [-0.4, -0.2) is 17.5 Å². The van der Waals surface area contributed by atoms with Crippen molar-refractivity contribution in [1.82, 2.24) is 0 Å². The summed E-state index contributed by atoms with van der Waals surface area (Å²) in [5.74, 6) is 0.561. The molecule has 0 aromatic heterocycles. The standard InChI is InChI=1S/C17H15NO5/c1-10(2)11-3-5-12(6-4-11)17(19)13-7-15-16(23-9-22-15)8-14(13)18(20)21/h3-8,10H,9H2,1-2H3. The van der Waals surface area contributed by atoms with E-state index in [0.29, 0.717) is 17.2 Å². The maximum atomic E-state index is 12.7. The lowest BCUT2D eigenvalue weighted by Gasteiger charge is -2.07. The predicted molar refractivity (Wildman–Crippen MR) is 83.2 cm³/mol. The summed E-state index contributed by atoms with van der Waals surface area (Å²) in [6.45, 7) is 4.10. The molecule has 1 aliphatic rings. The van der Waals surface area contributed by atoms with Gasteiger partial charge in [-0.3, -0.25) is 14.9 Å². The second-order valence-electron chi connectivity index (χ2n) is 5.59. The molecule has 6 nitrogen and oxygen atoms in total.